The average molecular weight is 187 g/mol. The molecule has 2 nitrogen and oxygen atoms in total. The molecule has 2 aliphatic rings. The van der Waals surface area contributed by atoms with Gasteiger partial charge in [-0.2, -0.15) is 0 Å². The smallest absolute Gasteiger partial charge is 0.141 e. The van der Waals surface area contributed by atoms with E-state index in [1.54, 1.807) is 0 Å². The summed E-state index contributed by atoms with van der Waals surface area (Å²) in [5.41, 5.74) is 2.96. The maximum Gasteiger partial charge on any atom is 0.141 e. The first-order valence-corrected chi connectivity index (χ1v) is 5.14. The molecule has 1 fully saturated rings. The van der Waals surface area contributed by atoms with E-state index in [9.17, 15) is 4.79 Å². The van der Waals surface area contributed by atoms with Crippen LogP contribution < -0.4 is 5.32 Å². The van der Waals surface area contributed by atoms with Gasteiger partial charge in [0.25, 0.3) is 0 Å². The Morgan fingerprint density at radius 2 is 2.14 bits per heavy atom. The number of hydrogen-bond donors (Lipinski definition) is 1. The van der Waals surface area contributed by atoms with Gasteiger partial charge in [-0.15, -0.1) is 0 Å². The fourth-order valence-corrected chi connectivity index (χ4v) is 2.48. The van der Waals surface area contributed by atoms with E-state index in [1.807, 2.05) is 6.07 Å². The molecule has 0 radical (unpaired) electrons. The summed E-state index contributed by atoms with van der Waals surface area (Å²) in [6.07, 6.45) is 3.54. The number of nitrogens with one attached hydrogen (secondary N) is 1. The van der Waals surface area contributed by atoms with Crippen LogP contribution in [0.3, 0.4) is 0 Å². The van der Waals surface area contributed by atoms with Crippen molar-refractivity contribution >= 4 is 6.29 Å². The van der Waals surface area contributed by atoms with E-state index in [-0.39, 0.29) is 6.04 Å². The Balaban J connectivity index is 2.14. The average Bonchev–Trinajstić information content (AvgIpc) is 3.00. The van der Waals surface area contributed by atoms with Gasteiger partial charge in [-0.25, -0.2) is 0 Å². The van der Waals surface area contributed by atoms with E-state index in [2.05, 4.69) is 23.5 Å². The molecular formula is C12H13NO. The third-order valence-electron chi connectivity index (χ3n) is 3.52. The van der Waals surface area contributed by atoms with Crippen LogP contribution in [0.1, 0.15) is 30.0 Å². The molecule has 72 valence electrons. The van der Waals surface area contributed by atoms with Gasteiger partial charge in [0.15, 0.2) is 0 Å². The Morgan fingerprint density at radius 3 is 2.86 bits per heavy atom. The van der Waals surface area contributed by atoms with Crippen LogP contribution in [0.25, 0.3) is 0 Å². The zero-order valence-electron chi connectivity index (χ0n) is 7.99. The largest absolute Gasteiger partial charge is 0.303 e. The fourth-order valence-electron chi connectivity index (χ4n) is 2.48. The number of fused-ring (bicyclic) bond motifs is 2. The van der Waals surface area contributed by atoms with E-state index in [1.165, 1.54) is 24.0 Å². The van der Waals surface area contributed by atoms with Crippen molar-refractivity contribution in [1.29, 1.82) is 0 Å². The quantitative estimate of drug-likeness (QED) is 0.676. The highest BCUT2D eigenvalue weighted by Gasteiger charge is 2.48. The van der Waals surface area contributed by atoms with E-state index < -0.39 is 0 Å². The highest BCUT2D eigenvalue weighted by Crippen LogP contribution is 2.51. The van der Waals surface area contributed by atoms with Gasteiger partial charge >= 0.3 is 0 Å². The molecule has 1 heterocycles. The van der Waals surface area contributed by atoms with Crippen LogP contribution in [-0.4, -0.2) is 12.8 Å². The van der Waals surface area contributed by atoms with Gasteiger partial charge in [0.2, 0.25) is 0 Å². The van der Waals surface area contributed by atoms with Crippen LogP contribution in [0, 0.1) is 0 Å². The van der Waals surface area contributed by atoms with Gasteiger partial charge in [-0.3, -0.25) is 0 Å². The zero-order valence-corrected chi connectivity index (χ0v) is 7.99. The lowest BCUT2D eigenvalue weighted by Crippen LogP contribution is -2.37. The molecule has 1 unspecified atom stereocenters. The lowest BCUT2D eigenvalue weighted by atomic mass is 9.85. The number of rotatable bonds is 1. The van der Waals surface area contributed by atoms with Crippen LogP contribution in [0.15, 0.2) is 24.3 Å². The Bertz CT molecular complexity index is 382. The minimum atomic E-state index is -0.0857. The molecule has 0 amide bonds. The summed E-state index contributed by atoms with van der Waals surface area (Å²) in [7, 11) is 0. The molecule has 0 saturated heterocycles. The molecule has 1 N–H and O–H groups in total. The van der Waals surface area contributed by atoms with Crippen LogP contribution in [0.2, 0.25) is 0 Å². The minimum absolute atomic E-state index is 0.0857. The van der Waals surface area contributed by atoms with Crippen molar-refractivity contribution in [2.45, 2.75) is 24.3 Å². The molecule has 3 rings (SSSR count). The SMILES string of the molecule is O=CC1NCC2(CC2)c2ccccc21. The number of benzene rings is 1. The second-order valence-corrected chi connectivity index (χ2v) is 4.36. The van der Waals surface area contributed by atoms with Crippen LogP contribution in [0.4, 0.5) is 0 Å². The summed E-state index contributed by atoms with van der Waals surface area (Å²) in [6.45, 7) is 0.966. The van der Waals surface area contributed by atoms with Crippen LogP contribution >= 0.6 is 0 Å². The number of carbonyl (C=O) groups is 1. The van der Waals surface area contributed by atoms with Gasteiger partial charge in [0, 0.05) is 12.0 Å². The molecule has 1 aliphatic carbocycles. The van der Waals surface area contributed by atoms with Gasteiger partial charge in [-0.1, -0.05) is 24.3 Å². The minimum Gasteiger partial charge on any atom is -0.303 e. The Kier molecular flexibility index (Phi) is 1.56. The maximum atomic E-state index is 10.9. The van der Waals surface area contributed by atoms with E-state index in [0.717, 1.165) is 12.8 Å². The van der Waals surface area contributed by atoms with E-state index in [4.69, 9.17) is 0 Å². The van der Waals surface area contributed by atoms with Crippen molar-refractivity contribution in [2.24, 2.45) is 0 Å². The highest BCUT2D eigenvalue weighted by atomic mass is 16.1. The number of aldehydes is 1. The first-order valence-electron chi connectivity index (χ1n) is 5.14. The summed E-state index contributed by atoms with van der Waals surface area (Å²) in [6, 6.07) is 8.25. The molecule has 1 saturated carbocycles. The van der Waals surface area contributed by atoms with Gasteiger partial charge in [0.05, 0.1) is 6.04 Å². The molecule has 1 atom stereocenters. The van der Waals surface area contributed by atoms with Crippen molar-refractivity contribution in [3.05, 3.63) is 35.4 Å². The molecule has 0 bridgehead atoms. The second kappa shape index (κ2) is 2.67. The lowest BCUT2D eigenvalue weighted by molar-refractivity contribution is -0.109. The molecule has 1 aromatic carbocycles. The summed E-state index contributed by atoms with van der Waals surface area (Å²) >= 11 is 0. The normalized spacial score (nSPS) is 27.0. The third kappa shape index (κ3) is 0.976. The molecule has 0 aromatic heterocycles. The van der Waals surface area contributed by atoms with Crippen molar-refractivity contribution in [1.82, 2.24) is 5.32 Å². The lowest BCUT2D eigenvalue weighted by Gasteiger charge is -2.30. The van der Waals surface area contributed by atoms with E-state index in [0.29, 0.717) is 5.41 Å². The Morgan fingerprint density at radius 1 is 1.36 bits per heavy atom. The topological polar surface area (TPSA) is 29.1 Å². The number of carbonyl (C=O) groups excluding carboxylic acids is 1. The highest BCUT2D eigenvalue weighted by molar-refractivity contribution is 5.65. The third-order valence-corrected chi connectivity index (χ3v) is 3.52. The van der Waals surface area contributed by atoms with Crippen molar-refractivity contribution in [3.8, 4) is 0 Å². The van der Waals surface area contributed by atoms with Crippen molar-refractivity contribution < 1.29 is 4.79 Å². The molecule has 1 spiro atoms. The molecule has 14 heavy (non-hydrogen) atoms. The summed E-state index contributed by atoms with van der Waals surface area (Å²) in [4.78, 5) is 10.9. The predicted molar refractivity (Wildman–Crippen MR) is 54.2 cm³/mol. The Hall–Kier alpha value is -1.15. The first-order chi connectivity index (χ1) is 6.86. The van der Waals surface area contributed by atoms with Crippen LogP contribution in [0.5, 0.6) is 0 Å². The fraction of sp³-hybridized carbons (Fsp3) is 0.417. The molecule has 1 aliphatic heterocycles. The maximum absolute atomic E-state index is 10.9. The van der Waals surface area contributed by atoms with E-state index >= 15 is 0 Å². The van der Waals surface area contributed by atoms with Crippen molar-refractivity contribution in [3.63, 3.8) is 0 Å². The standard InChI is InChI=1S/C12H13NO/c14-7-11-9-3-1-2-4-10(9)12(5-6-12)8-13-11/h1-4,7,11,13H,5-6,8H2. The predicted octanol–water partition coefficient (Wildman–Crippen LogP) is 1.56. The van der Waals surface area contributed by atoms with Gasteiger partial charge in [0.1, 0.15) is 6.29 Å². The van der Waals surface area contributed by atoms with Crippen molar-refractivity contribution in [2.75, 3.05) is 6.54 Å². The molecule has 2 heteroatoms. The second-order valence-electron chi connectivity index (χ2n) is 4.36. The first kappa shape index (κ1) is 8.18. The molecule has 1 aromatic rings. The monoisotopic (exact) mass is 187 g/mol. The Labute approximate surface area is 83.3 Å². The summed E-state index contributed by atoms with van der Waals surface area (Å²) in [5, 5.41) is 3.31. The zero-order chi connectivity index (χ0) is 9.60. The van der Waals surface area contributed by atoms with Gasteiger partial charge in [-0.05, 0) is 24.0 Å². The summed E-state index contributed by atoms with van der Waals surface area (Å²) < 4.78 is 0. The van der Waals surface area contributed by atoms with Gasteiger partial charge < -0.3 is 10.1 Å². The summed E-state index contributed by atoms with van der Waals surface area (Å²) in [5.74, 6) is 0. The van der Waals surface area contributed by atoms with Crippen LogP contribution in [-0.2, 0) is 10.2 Å². The number of hydrogen-bond acceptors (Lipinski definition) is 2. The molecular weight excluding hydrogens is 174 g/mol.